The molecule has 0 unspecified atom stereocenters. The molecule has 1 amide bonds. The van der Waals surface area contributed by atoms with E-state index < -0.39 is 18.5 Å². The van der Waals surface area contributed by atoms with Gasteiger partial charge in [-0.2, -0.15) is 13.2 Å². The van der Waals surface area contributed by atoms with Crippen LogP contribution in [0.15, 0.2) is 24.3 Å². The number of amides is 1. The standard InChI is InChI=1S/C11H13F3N2O/c12-11(13,14)4-5-16-7-8-2-1-3-9(6-8)10(15)17/h1-3,6,16H,4-5,7H2,(H2,15,17). The van der Waals surface area contributed by atoms with Crippen molar-refractivity contribution in [2.24, 2.45) is 5.73 Å². The fraction of sp³-hybridized carbons (Fsp3) is 0.364. The smallest absolute Gasteiger partial charge is 0.366 e. The molecule has 3 N–H and O–H groups in total. The molecule has 0 aliphatic heterocycles. The molecule has 94 valence electrons. The highest BCUT2D eigenvalue weighted by Gasteiger charge is 2.25. The summed E-state index contributed by atoms with van der Waals surface area (Å²) in [6, 6.07) is 6.47. The SMILES string of the molecule is NC(=O)c1cccc(CNCCC(F)(F)F)c1. The van der Waals surface area contributed by atoms with Gasteiger partial charge in [-0.3, -0.25) is 4.79 Å². The van der Waals surface area contributed by atoms with Gasteiger partial charge in [0.05, 0.1) is 6.42 Å². The molecule has 1 aromatic carbocycles. The molecule has 0 aliphatic rings. The first kappa shape index (κ1) is 13.5. The Bertz CT molecular complexity index is 391. The Labute approximate surface area is 96.8 Å². The zero-order valence-electron chi connectivity index (χ0n) is 9.05. The highest BCUT2D eigenvalue weighted by atomic mass is 19.4. The van der Waals surface area contributed by atoms with Gasteiger partial charge in [-0.05, 0) is 17.7 Å². The molecule has 0 spiro atoms. The van der Waals surface area contributed by atoms with E-state index in [4.69, 9.17) is 5.73 Å². The molecule has 0 fully saturated rings. The maximum absolute atomic E-state index is 11.9. The summed E-state index contributed by atoms with van der Waals surface area (Å²) in [5, 5.41) is 2.65. The number of halogens is 3. The molecule has 17 heavy (non-hydrogen) atoms. The number of primary amides is 1. The van der Waals surface area contributed by atoms with Gasteiger partial charge in [0, 0.05) is 18.7 Å². The highest BCUT2D eigenvalue weighted by molar-refractivity contribution is 5.92. The van der Waals surface area contributed by atoms with Gasteiger partial charge < -0.3 is 11.1 Å². The maximum atomic E-state index is 11.9. The van der Waals surface area contributed by atoms with Gasteiger partial charge in [0.1, 0.15) is 0 Å². The third kappa shape index (κ3) is 5.35. The molecule has 0 saturated carbocycles. The Hall–Kier alpha value is -1.56. The quantitative estimate of drug-likeness (QED) is 0.779. The van der Waals surface area contributed by atoms with E-state index in [1.807, 2.05) is 0 Å². The summed E-state index contributed by atoms with van der Waals surface area (Å²) in [5.74, 6) is -0.554. The molecule has 6 heteroatoms. The van der Waals surface area contributed by atoms with Gasteiger partial charge in [0.25, 0.3) is 0 Å². The summed E-state index contributed by atoms with van der Waals surface area (Å²) in [5.41, 5.74) is 6.16. The van der Waals surface area contributed by atoms with Gasteiger partial charge >= 0.3 is 6.18 Å². The van der Waals surface area contributed by atoms with Crippen molar-refractivity contribution in [3.8, 4) is 0 Å². The lowest BCUT2D eigenvalue weighted by Gasteiger charge is -2.08. The van der Waals surface area contributed by atoms with E-state index in [0.29, 0.717) is 5.56 Å². The van der Waals surface area contributed by atoms with Crippen LogP contribution in [0.3, 0.4) is 0 Å². The Morgan fingerprint density at radius 1 is 1.35 bits per heavy atom. The topological polar surface area (TPSA) is 55.1 Å². The third-order valence-corrected chi connectivity index (χ3v) is 2.13. The van der Waals surface area contributed by atoms with Gasteiger partial charge in [0.15, 0.2) is 0 Å². The number of alkyl halides is 3. The van der Waals surface area contributed by atoms with E-state index in [-0.39, 0.29) is 13.1 Å². The first-order chi connectivity index (χ1) is 7.88. The van der Waals surface area contributed by atoms with E-state index in [0.717, 1.165) is 5.56 Å². The van der Waals surface area contributed by atoms with Crippen molar-refractivity contribution in [3.05, 3.63) is 35.4 Å². The molecule has 0 aliphatic carbocycles. The number of nitrogens with one attached hydrogen (secondary N) is 1. The van der Waals surface area contributed by atoms with E-state index >= 15 is 0 Å². The summed E-state index contributed by atoms with van der Waals surface area (Å²) in [4.78, 5) is 10.9. The number of nitrogens with two attached hydrogens (primary N) is 1. The van der Waals surface area contributed by atoms with Gasteiger partial charge in [-0.1, -0.05) is 12.1 Å². The Balaban J connectivity index is 2.42. The molecule has 1 rings (SSSR count). The van der Waals surface area contributed by atoms with Crippen molar-refractivity contribution >= 4 is 5.91 Å². The molecule has 0 heterocycles. The van der Waals surface area contributed by atoms with E-state index in [2.05, 4.69) is 5.32 Å². The molecule has 0 saturated heterocycles. The average molecular weight is 246 g/mol. The lowest BCUT2D eigenvalue weighted by Crippen LogP contribution is -2.21. The van der Waals surface area contributed by atoms with E-state index in [1.165, 1.54) is 0 Å². The van der Waals surface area contributed by atoms with Crippen LogP contribution in [0.4, 0.5) is 13.2 Å². The number of rotatable bonds is 5. The van der Waals surface area contributed by atoms with Crippen molar-refractivity contribution in [1.29, 1.82) is 0 Å². The Morgan fingerprint density at radius 3 is 2.65 bits per heavy atom. The number of carbonyl (C=O) groups is 1. The second-order valence-corrected chi connectivity index (χ2v) is 3.61. The summed E-state index contributed by atoms with van der Waals surface area (Å²) in [7, 11) is 0. The highest BCUT2D eigenvalue weighted by Crippen LogP contribution is 2.18. The zero-order chi connectivity index (χ0) is 12.9. The van der Waals surface area contributed by atoms with Crippen LogP contribution in [0.25, 0.3) is 0 Å². The van der Waals surface area contributed by atoms with Crippen LogP contribution < -0.4 is 11.1 Å². The first-order valence-electron chi connectivity index (χ1n) is 5.05. The van der Waals surface area contributed by atoms with Gasteiger partial charge in [-0.15, -0.1) is 0 Å². The van der Waals surface area contributed by atoms with E-state index in [1.54, 1.807) is 24.3 Å². The van der Waals surface area contributed by atoms with Gasteiger partial charge in [0.2, 0.25) is 5.91 Å². The van der Waals surface area contributed by atoms with E-state index in [9.17, 15) is 18.0 Å². The molecular formula is C11H13F3N2O. The summed E-state index contributed by atoms with van der Waals surface area (Å²) in [6.45, 7) is 0.126. The second-order valence-electron chi connectivity index (χ2n) is 3.61. The van der Waals surface area contributed by atoms with Gasteiger partial charge in [-0.25, -0.2) is 0 Å². The van der Waals surface area contributed by atoms with Crippen molar-refractivity contribution in [2.45, 2.75) is 19.1 Å². The number of hydrogen-bond acceptors (Lipinski definition) is 2. The summed E-state index contributed by atoms with van der Waals surface area (Å²) >= 11 is 0. The van der Waals surface area contributed by atoms with Crippen molar-refractivity contribution in [1.82, 2.24) is 5.32 Å². The van der Waals surface area contributed by atoms with Crippen molar-refractivity contribution < 1.29 is 18.0 Å². The number of hydrogen-bond donors (Lipinski definition) is 2. The minimum absolute atomic E-state index is 0.149. The van der Waals surface area contributed by atoms with Crippen molar-refractivity contribution in [2.75, 3.05) is 6.54 Å². The van der Waals surface area contributed by atoms with Crippen LogP contribution in [-0.2, 0) is 6.54 Å². The fourth-order valence-corrected chi connectivity index (χ4v) is 1.30. The van der Waals surface area contributed by atoms with Crippen LogP contribution >= 0.6 is 0 Å². The predicted octanol–water partition coefficient (Wildman–Crippen LogP) is 1.83. The number of carbonyl (C=O) groups excluding carboxylic acids is 1. The van der Waals surface area contributed by atoms with Crippen LogP contribution in [0, 0.1) is 0 Å². The maximum Gasteiger partial charge on any atom is 0.390 e. The predicted molar refractivity (Wildman–Crippen MR) is 57.3 cm³/mol. The molecule has 0 bridgehead atoms. The normalized spacial score (nSPS) is 11.5. The molecule has 0 aromatic heterocycles. The minimum atomic E-state index is -4.15. The molecule has 0 radical (unpaired) electrons. The average Bonchev–Trinajstić information content (AvgIpc) is 2.23. The van der Waals surface area contributed by atoms with Crippen LogP contribution in [-0.4, -0.2) is 18.6 Å². The third-order valence-electron chi connectivity index (χ3n) is 2.13. The molecule has 0 atom stereocenters. The number of benzene rings is 1. The molecule has 3 nitrogen and oxygen atoms in total. The minimum Gasteiger partial charge on any atom is -0.366 e. The monoisotopic (exact) mass is 246 g/mol. The lowest BCUT2D eigenvalue weighted by atomic mass is 10.1. The largest absolute Gasteiger partial charge is 0.390 e. The van der Waals surface area contributed by atoms with Crippen molar-refractivity contribution in [3.63, 3.8) is 0 Å². The van der Waals surface area contributed by atoms with Crippen LogP contribution in [0.2, 0.25) is 0 Å². The molecular weight excluding hydrogens is 233 g/mol. The zero-order valence-corrected chi connectivity index (χ0v) is 9.05. The van der Waals surface area contributed by atoms with Crippen LogP contribution in [0.5, 0.6) is 0 Å². The molecule has 1 aromatic rings. The fourth-order valence-electron chi connectivity index (χ4n) is 1.30. The lowest BCUT2D eigenvalue weighted by molar-refractivity contribution is -0.133. The summed E-state index contributed by atoms with van der Waals surface area (Å²) in [6.07, 6.45) is -5.02. The summed E-state index contributed by atoms with van der Waals surface area (Å²) < 4.78 is 35.6. The Kier molecular flexibility index (Phi) is 4.51. The van der Waals surface area contributed by atoms with Crippen LogP contribution in [0.1, 0.15) is 22.3 Å². The second kappa shape index (κ2) is 5.67. The Morgan fingerprint density at radius 2 is 2.06 bits per heavy atom. The first-order valence-corrected chi connectivity index (χ1v) is 5.05.